The molecule has 0 bridgehead atoms. The fourth-order valence-electron chi connectivity index (χ4n) is 3.23. The lowest BCUT2D eigenvalue weighted by Gasteiger charge is -2.08. The molecule has 4 rings (SSSR count). The van der Waals surface area contributed by atoms with E-state index in [1.165, 1.54) is 18.2 Å². The van der Waals surface area contributed by atoms with Crippen molar-refractivity contribution in [2.24, 2.45) is 7.05 Å². The number of benzene rings is 3. The molecule has 6 heteroatoms. The number of carbonyl (C=O) groups excluding carboxylic acids is 2. The van der Waals surface area contributed by atoms with Gasteiger partial charge in [0.1, 0.15) is 5.82 Å². The predicted octanol–water partition coefficient (Wildman–Crippen LogP) is 4.82. The van der Waals surface area contributed by atoms with Gasteiger partial charge in [-0.15, -0.1) is 0 Å². The van der Waals surface area contributed by atoms with Crippen molar-refractivity contribution in [1.29, 1.82) is 0 Å². The molecule has 0 aliphatic rings. The van der Waals surface area contributed by atoms with Crippen LogP contribution in [0, 0.1) is 5.82 Å². The van der Waals surface area contributed by atoms with Gasteiger partial charge in [-0.05, 0) is 42.5 Å². The van der Waals surface area contributed by atoms with Gasteiger partial charge in [0.05, 0.1) is 5.56 Å². The standard InChI is InChI=1S/C23H18FN3O2/c1-27-14-20(19-10-2-3-11-21(19)27)23(29)26-17-8-4-6-15(12-17)22(28)25-18-9-5-7-16(24)13-18/h2-14H,1H3,(H,25,28)(H,26,29). The molecule has 2 N–H and O–H groups in total. The maximum Gasteiger partial charge on any atom is 0.257 e. The average molecular weight is 387 g/mol. The molecule has 0 saturated heterocycles. The Balaban J connectivity index is 1.54. The van der Waals surface area contributed by atoms with Crippen LogP contribution in [0.3, 0.4) is 0 Å². The van der Waals surface area contributed by atoms with E-state index in [2.05, 4.69) is 10.6 Å². The molecule has 0 saturated carbocycles. The summed E-state index contributed by atoms with van der Waals surface area (Å²) < 4.78 is 15.2. The first-order valence-corrected chi connectivity index (χ1v) is 9.04. The molecule has 4 aromatic rings. The Labute approximate surface area is 166 Å². The molecule has 0 fully saturated rings. The monoisotopic (exact) mass is 387 g/mol. The van der Waals surface area contributed by atoms with Crippen LogP contribution < -0.4 is 10.6 Å². The summed E-state index contributed by atoms with van der Waals surface area (Å²) in [5.41, 5.74) is 2.72. The molecule has 144 valence electrons. The van der Waals surface area contributed by atoms with E-state index >= 15 is 0 Å². The van der Waals surface area contributed by atoms with Crippen LogP contribution in [-0.4, -0.2) is 16.4 Å². The van der Waals surface area contributed by atoms with E-state index < -0.39 is 11.7 Å². The summed E-state index contributed by atoms with van der Waals surface area (Å²) >= 11 is 0. The third-order valence-electron chi connectivity index (χ3n) is 4.61. The number of rotatable bonds is 4. The minimum absolute atomic E-state index is 0.260. The van der Waals surface area contributed by atoms with Gasteiger partial charge in [-0.2, -0.15) is 0 Å². The quantitative estimate of drug-likeness (QED) is 0.527. The van der Waals surface area contributed by atoms with Crippen LogP contribution in [0.1, 0.15) is 20.7 Å². The molecule has 0 aliphatic heterocycles. The van der Waals surface area contributed by atoms with Gasteiger partial charge in [0.2, 0.25) is 0 Å². The molecule has 0 spiro atoms. The number of fused-ring (bicyclic) bond motifs is 1. The molecular weight excluding hydrogens is 369 g/mol. The van der Waals surface area contributed by atoms with Crippen molar-refractivity contribution >= 4 is 34.1 Å². The van der Waals surface area contributed by atoms with Crippen LogP contribution in [0.5, 0.6) is 0 Å². The Kier molecular flexibility index (Phi) is 4.83. The van der Waals surface area contributed by atoms with Crippen LogP contribution >= 0.6 is 0 Å². The van der Waals surface area contributed by atoms with Crippen molar-refractivity contribution in [2.75, 3.05) is 10.6 Å². The van der Waals surface area contributed by atoms with Gasteiger partial charge in [0, 0.05) is 41.1 Å². The number of aromatic nitrogens is 1. The predicted molar refractivity (Wildman–Crippen MR) is 112 cm³/mol. The van der Waals surface area contributed by atoms with Crippen LogP contribution in [0.25, 0.3) is 10.9 Å². The summed E-state index contributed by atoms with van der Waals surface area (Å²) in [7, 11) is 1.89. The van der Waals surface area contributed by atoms with E-state index in [4.69, 9.17) is 0 Å². The highest BCUT2D eigenvalue weighted by Crippen LogP contribution is 2.22. The van der Waals surface area contributed by atoms with Gasteiger partial charge in [-0.25, -0.2) is 4.39 Å². The number of halogens is 1. The van der Waals surface area contributed by atoms with Crippen molar-refractivity contribution in [2.45, 2.75) is 0 Å². The molecule has 0 atom stereocenters. The Morgan fingerprint density at radius 3 is 2.31 bits per heavy atom. The first kappa shape index (κ1) is 18.4. The Bertz CT molecular complexity index is 1230. The fraction of sp³-hybridized carbons (Fsp3) is 0.0435. The van der Waals surface area contributed by atoms with E-state index in [1.54, 1.807) is 36.5 Å². The maximum atomic E-state index is 13.3. The summed E-state index contributed by atoms with van der Waals surface area (Å²) in [6.07, 6.45) is 1.78. The second kappa shape index (κ2) is 7.59. The number of nitrogens with one attached hydrogen (secondary N) is 2. The summed E-state index contributed by atoms with van der Waals surface area (Å²) in [6, 6.07) is 19.9. The second-order valence-corrected chi connectivity index (χ2v) is 6.67. The molecule has 2 amide bonds. The van der Waals surface area contributed by atoms with E-state index in [-0.39, 0.29) is 5.91 Å². The lowest BCUT2D eigenvalue weighted by molar-refractivity contribution is 0.101. The minimum Gasteiger partial charge on any atom is -0.350 e. The Hall–Kier alpha value is -3.93. The molecular formula is C23H18FN3O2. The Morgan fingerprint density at radius 2 is 1.52 bits per heavy atom. The third kappa shape index (κ3) is 3.87. The van der Waals surface area contributed by atoms with Crippen LogP contribution in [0.4, 0.5) is 15.8 Å². The van der Waals surface area contributed by atoms with Crippen molar-refractivity contribution in [3.63, 3.8) is 0 Å². The lowest BCUT2D eigenvalue weighted by atomic mass is 10.1. The number of nitrogens with zero attached hydrogens (tertiary/aromatic N) is 1. The van der Waals surface area contributed by atoms with Gasteiger partial charge >= 0.3 is 0 Å². The minimum atomic E-state index is -0.432. The van der Waals surface area contributed by atoms with Crippen LogP contribution in [0.15, 0.2) is 79.0 Å². The number of hydrogen-bond donors (Lipinski definition) is 2. The summed E-state index contributed by atoms with van der Waals surface area (Å²) in [5, 5.41) is 6.34. The SMILES string of the molecule is Cn1cc(C(=O)Nc2cccc(C(=O)Nc3cccc(F)c3)c2)c2ccccc21. The fourth-order valence-corrected chi connectivity index (χ4v) is 3.23. The molecule has 3 aromatic carbocycles. The number of anilines is 2. The van der Waals surface area contributed by atoms with Gasteiger partial charge in [-0.3, -0.25) is 9.59 Å². The summed E-state index contributed by atoms with van der Waals surface area (Å²) in [4.78, 5) is 25.2. The topological polar surface area (TPSA) is 63.1 Å². The highest BCUT2D eigenvalue weighted by Gasteiger charge is 2.14. The van der Waals surface area contributed by atoms with Gasteiger partial charge < -0.3 is 15.2 Å². The molecule has 5 nitrogen and oxygen atoms in total. The zero-order valence-electron chi connectivity index (χ0n) is 15.6. The first-order chi connectivity index (χ1) is 14.0. The number of para-hydroxylation sites is 1. The summed E-state index contributed by atoms with van der Waals surface area (Å²) in [6.45, 7) is 0. The molecule has 29 heavy (non-hydrogen) atoms. The van der Waals surface area contributed by atoms with Crippen molar-refractivity contribution < 1.29 is 14.0 Å². The summed E-state index contributed by atoms with van der Waals surface area (Å²) in [5.74, 6) is -1.08. The third-order valence-corrected chi connectivity index (χ3v) is 4.61. The normalized spacial score (nSPS) is 10.7. The number of hydrogen-bond acceptors (Lipinski definition) is 2. The number of aryl methyl sites for hydroxylation is 1. The Morgan fingerprint density at radius 1 is 0.828 bits per heavy atom. The maximum absolute atomic E-state index is 13.3. The number of amides is 2. The lowest BCUT2D eigenvalue weighted by Crippen LogP contribution is -2.14. The molecule has 1 aromatic heterocycles. The van der Waals surface area contributed by atoms with Gasteiger partial charge in [0.15, 0.2) is 0 Å². The van der Waals surface area contributed by atoms with Crippen molar-refractivity contribution in [3.05, 3.63) is 95.9 Å². The first-order valence-electron chi connectivity index (χ1n) is 9.04. The van der Waals surface area contributed by atoms with Crippen molar-refractivity contribution in [3.8, 4) is 0 Å². The molecule has 1 heterocycles. The van der Waals surface area contributed by atoms with E-state index in [0.717, 1.165) is 10.9 Å². The molecule has 0 radical (unpaired) electrons. The highest BCUT2D eigenvalue weighted by molar-refractivity contribution is 6.13. The smallest absolute Gasteiger partial charge is 0.257 e. The highest BCUT2D eigenvalue weighted by atomic mass is 19.1. The van der Waals surface area contributed by atoms with Gasteiger partial charge in [-0.1, -0.05) is 30.3 Å². The van der Waals surface area contributed by atoms with E-state index in [0.29, 0.717) is 22.5 Å². The van der Waals surface area contributed by atoms with E-state index in [1.807, 2.05) is 35.9 Å². The average Bonchev–Trinajstić information content (AvgIpc) is 3.05. The van der Waals surface area contributed by atoms with Crippen LogP contribution in [0.2, 0.25) is 0 Å². The molecule has 0 unspecified atom stereocenters. The molecule has 0 aliphatic carbocycles. The second-order valence-electron chi connectivity index (χ2n) is 6.67. The largest absolute Gasteiger partial charge is 0.350 e. The van der Waals surface area contributed by atoms with Gasteiger partial charge in [0.25, 0.3) is 11.8 Å². The van der Waals surface area contributed by atoms with Crippen molar-refractivity contribution in [1.82, 2.24) is 4.57 Å². The zero-order chi connectivity index (χ0) is 20.4. The number of carbonyl (C=O) groups is 2. The van der Waals surface area contributed by atoms with Crippen LogP contribution in [-0.2, 0) is 7.05 Å². The zero-order valence-corrected chi connectivity index (χ0v) is 15.6. The van der Waals surface area contributed by atoms with E-state index in [9.17, 15) is 14.0 Å².